The summed E-state index contributed by atoms with van der Waals surface area (Å²) in [6.07, 6.45) is 0. The highest BCUT2D eigenvalue weighted by Gasteiger charge is 2.16. The predicted octanol–water partition coefficient (Wildman–Crippen LogP) is 2.58. The van der Waals surface area contributed by atoms with Gasteiger partial charge in [-0.05, 0) is 37.3 Å². The monoisotopic (exact) mass is 305 g/mol. The minimum atomic E-state index is -3.75. The third-order valence-corrected chi connectivity index (χ3v) is 4.25. The van der Waals surface area contributed by atoms with Crippen molar-refractivity contribution in [3.05, 3.63) is 59.7 Å². The molecule has 21 heavy (non-hydrogen) atoms. The van der Waals surface area contributed by atoms with E-state index in [0.717, 1.165) is 5.56 Å². The van der Waals surface area contributed by atoms with E-state index in [1.807, 2.05) is 19.1 Å². The predicted molar refractivity (Wildman–Crippen MR) is 79.8 cm³/mol. The smallest absolute Gasteiger partial charge is 0.337 e. The van der Waals surface area contributed by atoms with Crippen LogP contribution in [0, 0.1) is 6.92 Å². The Morgan fingerprint density at radius 1 is 1.10 bits per heavy atom. The molecule has 0 fully saturated rings. The van der Waals surface area contributed by atoms with Gasteiger partial charge in [-0.25, -0.2) is 13.2 Å². The number of methoxy groups -OCH3 is 1. The number of benzene rings is 2. The summed E-state index contributed by atoms with van der Waals surface area (Å²) in [4.78, 5) is 11.5. The zero-order chi connectivity index (χ0) is 15.5. The Kier molecular flexibility index (Phi) is 4.28. The number of esters is 1. The zero-order valence-corrected chi connectivity index (χ0v) is 12.5. The standard InChI is InChI=1S/C15H15NO4S/c1-11-6-8-13(9-7-11)16-21(18,19)14-5-3-4-12(10-14)15(17)20-2/h3-10,16H,1-2H3. The van der Waals surface area contributed by atoms with Crippen molar-refractivity contribution in [3.63, 3.8) is 0 Å². The molecule has 2 aromatic carbocycles. The number of sulfonamides is 1. The second-order valence-corrected chi connectivity index (χ2v) is 6.17. The fraction of sp³-hybridized carbons (Fsp3) is 0.133. The molecule has 0 aromatic heterocycles. The van der Waals surface area contributed by atoms with E-state index < -0.39 is 16.0 Å². The van der Waals surface area contributed by atoms with Gasteiger partial charge in [0.2, 0.25) is 0 Å². The van der Waals surface area contributed by atoms with E-state index >= 15 is 0 Å². The first-order chi connectivity index (χ1) is 9.92. The van der Waals surface area contributed by atoms with Crippen molar-refractivity contribution in [2.45, 2.75) is 11.8 Å². The van der Waals surface area contributed by atoms with Crippen molar-refractivity contribution in [2.75, 3.05) is 11.8 Å². The molecule has 0 aliphatic rings. The van der Waals surface area contributed by atoms with Gasteiger partial charge in [0, 0.05) is 5.69 Å². The molecule has 0 aliphatic heterocycles. The van der Waals surface area contributed by atoms with Crippen LogP contribution in [-0.4, -0.2) is 21.5 Å². The van der Waals surface area contributed by atoms with Crippen molar-refractivity contribution >= 4 is 21.7 Å². The van der Waals surface area contributed by atoms with Gasteiger partial charge >= 0.3 is 5.97 Å². The van der Waals surface area contributed by atoms with Crippen molar-refractivity contribution in [2.24, 2.45) is 0 Å². The number of aryl methyl sites for hydroxylation is 1. The Labute approximate surface area is 123 Å². The number of carbonyl (C=O) groups is 1. The van der Waals surface area contributed by atoms with Crippen LogP contribution in [0.4, 0.5) is 5.69 Å². The average molecular weight is 305 g/mol. The lowest BCUT2D eigenvalue weighted by atomic mass is 10.2. The molecule has 2 aromatic rings. The SMILES string of the molecule is COC(=O)c1cccc(S(=O)(=O)Nc2ccc(C)cc2)c1. The molecule has 110 valence electrons. The summed E-state index contributed by atoms with van der Waals surface area (Å²) in [6, 6.07) is 12.7. The van der Waals surface area contributed by atoms with Gasteiger partial charge in [-0.2, -0.15) is 0 Å². The number of carbonyl (C=O) groups excluding carboxylic acids is 1. The third kappa shape index (κ3) is 3.61. The topological polar surface area (TPSA) is 72.5 Å². The molecule has 1 N–H and O–H groups in total. The first-order valence-corrected chi connectivity index (χ1v) is 7.68. The molecule has 0 heterocycles. The molecule has 5 nitrogen and oxygen atoms in total. The van der Waals surface area contributed by atoms with Crippen LogP contribution in [0.25, 0.3) is 0 Å². The highest BCUT2D eigenvalue weighted by molar-refractivity contribution is 7.92. The highest BCUT2D eigenvalue weighted by Crippen LogP contribution is 2.18. The minimum absolute atomic E-state index is 0.00553. The number of ether oxygens (including phenoxy) is 1. The van der Waals surface area contributed by atoms with Crippen molar-refractivity contribution in [1.82, 2.24) is 0 Å². The Morgan fingerprint density at radius 2 is 1.76 bits per heavy atom. The molecule has 6 heteroatoms. The molecule has 0 saturated carbocycles. The highest BCUT2D eigenvalue weighted by atomic mass is 32.2. The zero-order valence-electron chi connectivity index (χ0n) is 11.7. The Morgan fingerprint density at radius 3 is 2.38 bits per heavy atom. The number of rotatable bonds is 4. The third-order valence-electron chi connectivity index (χ3n) is 2.87. The summed E-state index contributed by atoms with van der Waals surface area (Å²) in [6.45, 7) is 1.91. The summed E-state index contributed by atoms with van der Waals surface area (Å²) in [5.74, 6) is -0.581. The van der Waals surface area contributed by atoms with Gasteiger partial charge in [-0.3, -0.25) is 4.72 Å². The molecule has 0 unspecified atom stereocenters. The van der Waals surface area contributed by atoms with E-state index in [0.29, 0.717) is 5.69 Å². The summed E-state index contributed by atoms with van der Waals surface area (Å²) < 4.78 is 31.6. The number of hydrogen-bond acceptors (Lipinski definition) is 4. The minimum Gasteiger partial charge on any atom is -0.465 e. The van der Waals surface area contributed by atoms with Gasteiger partial charge in [0.05, 0.1) is 17.6 Å². The van der Waals surface area contributed by atoms with Gasteiger partial charge in [-0.1, -0.05) is 23.8 Å². The Balaban J connectivity index is 2.31. The van der Waals surface area contributed by atoms with E-state index in [-0.39, 0.29) is 10.5 Å². The van der Waals surface area contributed by atoms with Crippen molar-refractivity contribution in [3.8, 4) is 0 Å². The molecule has 0 saturated heterocycles. The first kappa shape index (κ1) is 15.1. The van der Waals surface area contributed by atoms with E-state index in [1.165, 1.54) is 31.4 Å². The van der Waals surface area contributed by atoms with Crippen molar-refractivity contribution < 1.29 is 17.9 Å². The maximum atomic E-state index is 12.3. The molecule has 0 radical (unpaired) electrons. The molecule has 0 amide bonds. The van der Waals surface area contributed by atoms with Crippen LogP contribution in [-0.2, 0) is 14.8 Å². The van der Waals surface area contributed by atoms with E-state index in [9.17, 15) is 13.2 Å². The molecular weight excluding hydrogens is 290 g/mol. The van der Waals surface area contributed by atoms with Gasteiger partial charge in [0.15, 0.2) is 0 Å². The van der Waals surface area contributed by atoms with Crippen LogP contribution in [0.1, 0.15) is 15.9 Å². The van der Waals surface area contributed by atoms with Gasteiger partial charge in [-0.15, -0.1) is 0 Å². The summed E-state index contributed by atoms with van der Waals surface area (Å²) in [7, 11) is -2.50. The molecular formula is C15H15NO4S. The number of hydrogen-bond donors (Lipinski definition) is 1. The van der Waals surface area contributed by atoms with E-state index in [1.54, 1.807) is 12.1 Å². The summed E-state index contributed by atoms with van der Waals surface area (Å²) in [5, 5.41) is 0. The first-order valence-electron chi connectivity index (χ1n) is 6.20. The molecule has 0 atom stereocenters. The van der Waals surface area contributed by atoms with Gasteiger partial charge in [0.25, 0.3) is 10.0 Å². The lowest BCUT2D eigenvalue weighted by molar-refractivity contribution is 0.0600. The molecule has 0 spiro atoms. The second kappa shape index (κ2) is 5.97. The molecule has 2 rings (SSSR count). The van der Waals surface area contributed by atoms with E-state index in [2.05, 4.69) is 9.46 Å². The quantitative estimate of drug-likeness (QED) is 0.881. The normalized spacial score (nSPS) is 11.0. The van der Waals surface area contributed by atoms with Crippen LogP contribution in [0.3, 0.4) is 0 Å². The fourth-order valence-corrected chi connectivity index (χ4v) is 2.85. The molecule has 0 aliphatic carbocycles. The van der Waals surface area contributed by atoms with Crippen LogP contribution in [0.15, 0.2) is 53.4 Å². The Hall–Kier alpha value is -2.34. The van der Waals surface area contributed by atoms with Crippen LogP contribution in [0.5, 0.6) is 0 Å². The summed E-state index contributed by atoms with van der Waals surface area (Å²) in [5.41, 5.74) is 1.68. The second-order valence-electron chi connectivity index (χ2n) is 4.49. The maximum Gasteiger partial charge on any atom is 0.337 e. The molecule has 0 bridgehead atoms. The maximum absolute atomic E-state index is 12.3. The average Bonchev–Trinajstić information content (AvgIpc) is 2.49. The lowest BCUT2D eigenvalue weighted by Crippen LogP contribution is -2.14. The van der Waals surface area contributed by atoms with Crippen LogP contribution in [0.2, 0.25) is 0 Å². The van der Waals surface area contributed by atoms with Gasteiger partial charge < -0.3 is 4.74 Å². The van der Waals surface area contributed by atoms with Crippen LogP contribution >= 0.6 is 0 Å². The van der Waals surface area contributed by atoms with E-state index in [4.69, 9.17) is 0 Å². The number of nitrogens with one attached hydrogen (secondary N) is 1. The van der Waals surface area contributed by atoms with Crippen LogP contribution < -0.4 is 4.72 Å². The van der Waals surface area contributed by atoms with Crippen molar-refractivity contribution in [1.29, 1.82) is 0 Å². The lowest BCUT2D eigenvalue weighted by Gasteiger charge is -2.09. The fourth-order valence-electron chi connectivity index (χ4n) is 1.74. The summed E-state index contributed by atoms with van der Waals surface area (Å²) >= 11 is 0. The largest absolute Gasteiger partial charge is 0.465 e. The Bertz CT molecular complexity index is 751. The van der Waals surface area contributed by atoms with Gasteiger partial charge in [0.1, 0.15) is 0 Å². The number of anilines is 1.